The van der Waals surface area contributed by atoms with Gasteiger partial charge >= 0.3 is 0 Å². The average molecular weight is 257 g/mol. The lowest BCUT2D eigenvalue weighted by Crippen LogP contribution is -2.26. The molecule has 4 nitrogen and oxygen atoms in total. The topological polar surface area (TPSA) is 51.4 Å². The number of methoxy groups -OCH3 is 1. The number of aromatic nitrogens is 1. The normalized spacial score (nSPS) is 12.1. The smallest absolute Gasteiger partial charge is 0.130 e. The van der Waals surface area contributed by atoms with Crippen LogP contribution in [0.1, 0.15) is 11.7 Å². The first-order valence-corrected chi connectivity index (χ1v) is 6.21. The number of pyridine rings is 1. The van der Waals surface area contributed by atoms with Crippen LogP contribution in [-0.4, -0.2) is 25.7 Å². The monoisotopic (exact) mass is 257 g/mol. The molecule has 0 spiro atoms. The van der Waals surface area contributed by atoms with Gasteiger partial charge < -0.3 is 15.4 Å². The third-order valence-electron chi connectivity index (χ3n) is 3.06. The summed E-state index contributed by atoms with van der Waals surface area (Å²) in [5.74, 6) is 0.845. The summed E-state index contributed by atoms with van der Waals surface area (Å²) in [6.45, 7) is 0.719. The second kappa shape index (κ2) is 6.20. The summed E-state index contributed by atoms with van der Waals surface area (Å²) in [7, 11) is 3.70. The first kappa shape index (κ1) is 13.4. The average Bonchev–Trinajstić information content (AvgIpc) is 2.45. The number of nitrogens with zero attached hydrogens (tertiary/aromatic N) is 2. The van der Waals surface area contributed by atoms with Gasteiger partial charge in [0.2, 0.25) is 0 Å². The fourth-order valence-electron chi connectivity index (χ4n) is 1.97. The van der Waals surface area contributed by atoms with Crippen molar-refractivity contribution < 1.29 is 4.74 Å². The van der Waals surface area contributed by atoms with Crippen LogP contribution >= 0.6 is 0 Å². The van der Waals surface area contributed by atoms with E-state index in [1.807, 2.05) is 36.2 Å². The Balaban J connectivity index is 2.10. The number of likely N-dealkylation sites (N-methyl/N-ethyl adjacent to an activating group) is 1. The highest BCUT2D eigenvalue weighted by molar-refractivity contribution is 5.49. The molecule has 1 heterocycles. The number of rotatable bonds is 5. The lowest BCUT2D eigenvalue weighted by Gasteiger charge is -2.24. The maximum atomic E-state index is 5.77. The van der Waals surface area contributed by atoms with Crippen LogP contribution in [-0.2, 0) is 4.74 Å². The third-order valence-corrected chi connectivity index (χ3v) is 3.06. The lowest BCUT2D eigenvalue weighted by atomic mass is 10.1. The van der Waals surface area contributed by atoms with Crippen LogP contribution < -0.4 is 10.6 Å². The maximum absolute atomic E-state index is 5.77. The number of ether oxygens (including phenoxy) is 1. The summed E-state index contributed by atoms with van der Waals surface area (Å²) in [6.07, 6.45) is 1.72. The van der Waals surface area contributed by atoms with Gasteiger partial charge in [-0.1, -0.05) is 30.3 Å². The minimum Gasteiger partial charge on any atom is -0.399 e. The highest BCUT2D eigenvalue weighted by atomic mass is 16.5. The van der Waals surface area contributed by atoms with Gasteiger partial charge in [0.25, 0.3) is 0 Å². The van der Waals surface area contributed by atoms with Crippen molar-refractivity contribution in [3.63, 3.8) is 0 Å². The van der Waals surface area contributed by atoms with Crippen molar-refractivity contribution in [2.75, 3.05) is 31.3 Å². The maximum Gasteiger partial charge on any atom is 0.130 e. The highest BCUT2D eigenvalue weighted by Crippen LogP contribution is 2.20. The van der Waals surface area contributed by atoms with Crippen molar-refractivity contribution in [3.8, 4) is 0 Å². The zero-order valence-corrected chi connectivity index (χ0v) is 11.3. The van der Waals surface area contributed by atoms with Gasteiger partial charge in [0.15, 0.2) is 0 Å². The predicted molar refractivity (Wildman–Crippen MR) is 78.1 cm³/mol. The predicted octanol–water partition coefficient (Wildman–Crippen LogP) is 2.49. The molecule has 2 N–H and O–H groups in total. The Hall–Kier alpha value is -2.07. The van der Waals surface area contributed by atoms with E-state index < -0.39 is 0 Å². The first-order chi connectivity index (χ1) is 9.20. The van der Waals surface area contributed by atoms with Crippen molar-refractivity contribution >= 4 is 11.5 Å². The summed E-state index contributed by atoms with van der Waals surface area (Å²) < 4.78 is 5.56. The minimum absolute atomic E-state index is 0.00873. The van der Waals surface area contributed by atoms with Gasteiger partial charge in [0.05, 0.1) is 6.10 Å². The number of nitrogens with two attached hydrogens (primary N) is 1. The molecule has 1 aromatic heterocycles. The number of hydrogen-bond donors (Lipinski definition) is 1. The quantitative estimate of drug-likeness (QED) is 0.894. The van der Waals surface area contributed by atoms with E-state index in [1.165, 1.54) is 0 Å². The van der Waals surface area contributed by atoms with Gasteiger partial charge in [-0.25, -0.2) is 4.98 Å². The molecule has 19 heavy (non-hydrogen) atoms. The van der Waals surface area contributed by atoms with Crippen LogP contribution in [0.15, 0.2) is 48.7 Å². The summed E-state index contributed by atoms with van der Waals surface area (Å²) in [5, 5.41) is 0. The number of hydrogen-bond acceptors (Lipinski definition) is 4. The zero-order chi connectivity index (χ0) is 13.7. The van der Waals surface area contributed by atoms with Crippen LogP contribution in [0.3, 0.4) is 0 Å². The number of benzene rings is 1. The Morgan fingerprint density at radius 2 is 2.00 bits per heavy atom. The second-order valence-electron chi connectivity index (χ2n) is 4.46. The van der Waals surface area contributed by atoms with Crippen LogP contribution in [0.25, 0.3) is 0 Å². The van der Waals surface area contributed by atoms with Crippen LogP contribution in [0.2, 0.25) is 0 Å². The van der Waals surface area contributed by atoms with E-state index in [9.17, 15) is 0 Å². The van der Waals surface area contributed by atoms with E-state index in [0.717, 1.165) is 17.9 Å². The second-order valence-corrected chi connectivity index (χ2v) is 4.46. The van der Waals surface area contributed by atoms with Crippen LogP contribution in [0.4, 0.5) is 11.5 Å². The summed E-state index contributed by atoms with van der Waals surface area (Å²) in [6, 6.07) is 13.8. The Labute approximate surface area is 113 Å². The molecule has 0 aliphatic rings. The molecule has 0 aliphatic carbocycles. The number of anilines is 2. The van der Waals surface area contributed by atoms with Gasteiger partial charge in [-0.3, -0.25) is 0 Å². The van der Waals surface area contributed by atoms with Crippen molar-refractivity contribution in [3.05, 3.63) is 54.2 Å². The third kappa shape index (κ3) is 3.45. The lowest BCUT2D eigenvalue weighted by molar-refractivity contribution is 0.109. The van der Waals surface area contributed by atoms with Crippen molar-refractivity contribution in [1.82, 2.24) is 4.98 Å². The Morgan fingerprint density at radius 3 is 2.63 bits per heavy atom. The molecule has 0 saturated heterocycles. The molecule has 0 amide bonds. The highest BCUT2D eigenvalue weighted by Gasteiger charge is 2.14. The standard InChI is InChI=1S/C15H19N3O/c1-18(15-10-13(16)8-9-17-15)11-14(19-2)12-6-4-3-5-7-12/h3-10,14H,11H2,1-2H3,(H2,16,17). The molecular formula is C15H19N3O. The van der Waals surface area contributed by atoms with Crippen molar-refractivity contribution in [2.45, 2.75) is 6.10 Å². The van der Waals surface area contributed by atoms with E-state index in [0.29, 0.717) is 5.69 Å². The van der Waals surface area contributed by atoms with Crippen LogP contribution in [0.5, 0.6) is 0 Å². The Kier molecular flexibility index (Phi) is 4.36. The van der Waals surface area contributed by atoms with E-state index in [4.69, 9.17) is 10.5 Å². The fourth-order valence-corrected chi connectivity index (χ4v) is 1.97. The Bertz CT molecular complexity index is 516. The SMILES string of the molecule is COC(CN(C)c1cc(N)ccn1)c1ccccc1. The summed E-state index contributed by atoms with van der Waals surface area (Å²) in [4.78, 5) is 6.35. The molecule has 0 saturated carbocycles. The molecule has 1 aromatic carbocycles. The molecular weight excluding hydrogens is 238 g/mol. The number of nitrogen functional groups attached to an aromatic ring is 1. The molecule has 0 fully saturated rings. The fraction of sp³-hybridized carbons (Fsp3) is 0.267. The zero-order valence-electron chi connectivity index (χ0n) is 11.3. The molecule has 0 aliphatic heterocycles. The van der Waals surface area contributed by atoms with E-state index in [2.05, 4.69) is 17.1 Å². The van der Waals surface area contributed by atoms with Gasteiger partial charge in [-0.05, 0) is 11.6 Å². The first-order valence-electron chi connectivity index (χ1n) is 6.21. The van der Waals surface area contributed by atoms with Gasteiger partial charge in [0, 0.05) is 38.7 Å². The molecule has 1 atom stereocenters. The van der Waals surface area contributed by atoms with Crippen molar-refractivity contribution in [2.24, 2.45) is 0 Å². The molecule has 0 radical (unpaired) electrons. The molecule has 4 heteroatoms. The molecule has 100 valence electrons. The van der Waals surface area contributed by atoms with E-state index in [1.54, 1.807) is 19.4 Å². The molecule has 0 bridgehead atoms. The van der Waals surface area contributed by atoms with Crippen LogP contribution in [0, 0.1) is 0 Å². The van der Waals surface area contributed by atoms with Gasteiger partial charge in [-0.2, -0.15) is 0 Å². The minimum atomic E-state index is 0.00873. The molecule has 2 rings (SSSR count). The largest absolute Gasteiger partial charge is 0.399 e. The summed E-state index contributed by atoms with van der Waals surface area (Å²) in [5.41, 5.74) is 7.64. The molecule has 2 aromatic rings. The van der Waals surface area contributed by atoms with Gasteiger partial charge in [0.1, 0.15) is 5.82 Å². The molecule has 1 unspecified atom stereocenters. The summed E-state index contributed by atoms with van der Waals surface area (Å²) >= 11 is 0. The van der Waals surface area contributed by atoms with Gasteiger partial charge in [-0.15, -0.1) is 0 Å². The van der Waals surface area contributed by atoms with E-state index >= 15 is 0 Å². The Morgan fingerprint density at radius 1 is 1.26 bits per heavy atom. The van der Waals surface area contributed by atoms with Crippen molar-refractivity contribution in [1.29, 1.82) is 0 Å². The van der Waals surface area contributed by atoms with E-state index in [-0.39, 0.29) is 6.10 Å².